The van der Waals surface area contributed by atoms with E-state index in [4.69, 9.17) is 14.2 Å². The molecule has 0 bridgehead atoms. The molecule has 346 valence electrons. The summed E-state index contributed by atoms with van der Waals surface area (Å²) < 4.78 is 17.3. The second-order valence-electron chi connectivity index (χ2n) is 17.3. The summed E-state index contributed by atoms with van der Waals surface area (Å²) in [6.07, 6.45) is 52.6. The first kappa shape index (κ1) is 57.0. The summed E-state index contributed by atoms with van der Waals surface area (Å²) in [5.74, 6) is -1.48. The third kappa shape index (κ3) is 40.4. The molecule has 2 unspecified atom stereocenters. The first-order chi connectivity index (χ1) is 29.1. The first-order valence-corrected chi connectivity index (χ1v) is 24.3. The zero-order chi connectivity index (χ0) is 44.2. The van der Waals surface area contributed by atoms with Gasteiger partial charge in [-0.25, -0.2) is 4.79 Å². The highest BCUT2D eigenvalue weighted by Crippen LogP contribution is 2.15. The van der Waals surface area contributed by atoms with Crippen molar-refractivity contribution < 1.29 is 38.2 Å². The number of nitrogens with zero attached hydrogens (tertiary/aromatic N) is 1. The number of rotatable bonds is 43. The highest BCUT2D eigenvalue weighted by molar-refractivity contribution is 5.72. The normalized spacial score (nSPS) is 13.4. The van der Waals surface area contributed by atoms with Crippen LogP contribution in [-0.2, 0) is 28.6 Å². The Labute approximate surface area is 368 Å². The minimum atomic E-state index is -0.878. The Kier molecular flexibility index (Phi) is 40.6. The topological polar surface area (TPSA) is 99.1 Å². The summed E-state index contributed by atoms with van der Waals surface area (Å²) in [6, 6.07) is -0.619. The highest BCUT2D eigenvalue weighted by atomic mass is 16.6. The summed E-state index contributed by atoms with van der Waals surface area (Å²) in [4.78, 5) is 37.1. The number of unbranched alkanes of at least 4 members (excludes halogenated alkanes) is 19. The number of esters is 2. The van der Waals surface area contributed by atoms with Crippen LogP contribution in [-0.4, -0.2) is 80.6 Å². The third-order valence-corrected chi connectivity index (χ3v) is 10.7. The second-order valence-corrected chi connectivity index (χ2v) is 17.3. The third-order valence-electron chi connectivity index (χ3n) is 10.7. The van der Waals surface area contributed by atoms with Gasteiger partial charge in [-0.05, 0) is 77.0 Å². The van der Waals surface area contributed by atoms with Gasteiger partial charge in [0.1, 0.15) is 6.61 Å². The Morgan fingerprint density at radius 1 is 0.517 bits per heavy atom. The average molecular weight is 843 g/mol. The summed E-state index contributed by atoms with van der Waals surface area (Å²) in [5.41, 5.74) is 0. The van der Waals surface area contributed by atoms with Gasteiger partial charge in [-0.1, -0.05) is 164 Å². The molecule has 0 aliphatic heterocycles. The van der Waals surface area contributed by atoms with Crippen molar-refractivity contribution in [2.45, 2.75) is 212 Å². The SMILES string of the molecule is CC/C=C/C/C=C/C/C=C/CCCCCCCCCCCC(=O)OCC(COCCC(C(=O)O)[N+](C)(C)C)OC(=O)CCCCCCCCC/C=C/C/C=C/CCCCC. The molecule has 0 fully saturated rings. The monoisotopic (exact) mass is 843 g/mol. The molecule has 0 aliphatic carbocycles. The van der Waals surface area contributed by atoms with Gasteiger partial charge in [0, 0.05) is 19.3 Å². The molecule has 60 heavy (non-hydrogen) atoms. The minimum Gasteiger partial charge on any atom is -0.477 e. The molecule has 0 heterocycles. The standard InChI is InChI=1S/C52H91NO7/c1-6-8-10-12-14-16-18-20-22-24-25-27-28-30-32-34-36-38-40-42-50(54)59-47-48(46-58-45-44-49(52(56)57)53(3,4)5)60-51(55)43-41-39-37-35-33-31-29-26-23-21-19-17-15-13-11-9-7-2/h8,10,14-17,20-23,48-49H,6-7,9,11-13,18-19,24-47H2,1-5H3/p+1/b10-8+,16-14+,17-15+,22-20+,23-21+. The van der Waals surface area contributed by atoms with Crippen molar-refractivity contribution in [2.75, 3.05) is 41.0 Å². The lowest BCUT2D eigenvalue weighted by Gasteiger charge is -2.31. The molecule has 2 atom stereocenters. The maximum Gasteiger partial charge on any atom is 0.362 e. The zero-order valence-corrected chi connectivity index (χ0v) is 39.4. The largest absolute Gasteiger partial charge is 0.477 e. The number of hydrogen-bond acceptors (Lipinski definition) is 6. The number of likely N-dealkylation sites (N-methyl/N-ethyl adjacent to an activating group) is 1. The van der Waals surface area contributed by atoms with Gasteiger partial charge >= 0.3 is 17.9 Å². The lowest BCUT2D eigenvalue weighted by molar-refractivity contribution is -0.887. The highest BCUT2D eigenvalue weighted by Gasteiger charge is 2.31. The van der Waals surface area contributed by atoms with E-state index >= 15 is 0 Å². The van der Waals surface area contributed by atoms with E-state index in [1.807, 2.05) is 21.1 Å². The second kappa shape index (κ2) is 42.7. The summed E-state index contributed by atoms with van der Waals surface area (Å²) in [5, 5.41) is 9.64. The Bertz CT molecular complexity index is 1170. The fourth-order valence-corrected chi connectivity index (χ4v) is 6.90. The molecule has 0 aromatic heterocycles. The molecular weight excluding hydrogens is 751 g/mol. The number of ether oxygens (including phenoxy) is 3. The van der Waals surface area contributed by atoms with Gasteiger partial charge in [-0.3, -0.25) is 9.59 Å². The van der Waals surface area contributed by atoms with Crippen molar-refractivity contribution in [1.29, 1.82) is 0 Å². The Morgan fingerprint density at radius 3 is 1.38 bits per heavy atom. The fraction of sp³-hybridized carbons (Fsp3) is 0.750. The van der Waals surface area contributed by atoms with E-state index in [0.717, 1.165) is 77.0 Å². The fourth-order valence-electron chi connectivity index (χ4n) is 6.90. The van der Waals surface area contributed by atoms with E-state index < -0.39 is 18.1 Å². The van der Waals surface area contributed by atoms with E-state index in [2.05, 4.69) is 74.6 Å². The van der Waals surface area contributed by atoms with Crippen LogP contribution in [0.3, 0.4) is 0 Å². The van der Waals surface area contributed by atoms with Crippen LogP contribution in [0.15, 0.2) is 60.8 Å². The molecule has 0 spiro atoms. The van der Waals surface area contributed by atoms with Gasteiger partial charge in [0.05, 0.1) is 34.4 Å². The van der Waals surface area contributed by atoms with Crippen LogP contribution in [0, 0.1) is 0 Å². The van der Waals surface area contributed by atoms with E-state index in [0.29, 0.717) is 19.3 Å². The van der Waals surface area contributed by atoms with Gasteiger partial charge in [0.25, 0.3) is 0 Å². The molecule has 8 heteroatoms. The molecule has 0 aromatic carbocycles. The summed E-state index contributed by atoms with van der Waals surface area (Å²) >= 11 is 0. The van der Waals surface area contributed by atoms with Crippen molar-refractivity contribution in [3.8, 4) is 0 Å². The van der Waals surface area contributed by atoms with Crippen LogP contribution in [0.5, 0.6) is 0 Å². The molecule has 0 aliphatic rings. The van der Waals surface area contributed by atoms with Gasteiger partial charge in [-0.15, -0.1) is 0 Å². The molecule has 1 N–H and O–H groups in total. The predicted molar refractivity (Wildman–Crippen MR) is 252 cm³/mol. The van der Waals surface area contributed by atoms with Crippen LogP contribution in [0.4, 0.5) is 0 Å². The van der Waals surface area contributed by atoms with E-state index in [1.54, 1.807) is 0 Å². The number of carboxylic acids is 1. The maximum absolute atomic E-state index is 12.8. The minimum absolute atomic E-state index is 0.0547. The van der Waals surface area contributed by atoms with Crippen LogP contribution in [0.2, 0.25) is 0 Å². The Balaban J connectivity index is 4.30. The Hall–Kier alpha value is -2.97. The maximum atomic E-state index is 12.8. The first-order valence-electron chi connectivity index (χ1n) is 24.3. The number of hydrogen-bond donors (Lipinski definition) is 1. The van der Waals surface area contributed by atoms with Gasteiger partial charge in [0.2, 0.25) is 0 Å². The van der Waals surface area contributed by atoms with Gasteiger partial charge in [0.15, 0.2) is 12.1 Å². The van der Waals surface area contributed by atoms with Gasteiger partial charge in [-0.2, -0.15) is 0 Å². The molecule has 0 aromatic rings. The van der Waals surface area contributed by atoms with Crippen molar-refractivity contribution in [3.63, 3.8) is 0 Å². The summed E-state index contributed by atoms with van der Waals surface area (Å²) in [7, 11) is 5.53. The number of allylic oxidation sites excluding steroid dienone is 10. The average Bonchev–Trinajstić information content (AvgIpc) is 3.21. The smallest absolute Gasteiger partial charge is 0.362 e. The molecule has 8 nitrogen and oxygen atoms in total. The number of carbonyl (C=O) groups is 3. The van der Waals surface area contributed by atoms with Gasteiger partial charge < -0.3 is 23.8 Å². The molecule has 0 rings (SSSR count). The summed E-state index contributed by atoms with van der Waals surface area (Å²) in [6.45, 7) is 4.60. The van der Waals surface area contributed by atoms with E-state index in [9.17, 15) is 19.5 Å². The number of quaternary nitrogens is 1. The van der Waals surface area contributed by atoms with Crippen molar-refractivity contribution in [3.05, 3.63) is 60.8 Å². The molecule has 0 radical (unpaired) electrons. The molecule has 0 saturated carbocycles. The van der Waals surface area contributed by atoms with Crippen LogP contribution in [0.25, 0.3) is 0 Å². The molecular formula is C52H92NO7+. The lowest BCUT2D eigenvalue weighted by Crippen LogP contribution is -2.50. The number of carboxylic acid groups (broad SMARTS) is 1. The quantitative estimate of drug-likeness (QED) is 0.0282. The predicted octanol–water partition coefficient (Wildman–Crippen LogP) is 13.8. The Morgan fingerprint density at radius 2 is 0.933 bits per heavy atom. The van der Waals surface area contributed by atoms with E-state index in [1.165, 1.54) is 89.9 Å². The number of aliphatic carboxylic acids is 1. The zero-order valence-electron chi connectivity index (χ0n) is 39.4. The van der Waals surface area contributed by atoms with Crippen LogP contribution >= 0.6 is 0 Å². The van der Waals surface area contributed by atoms with Crippen LogP contribution < -0.4 is 0 Å². The van der Waals surface area contributed by atoms with Crippen LogP contribution in [0.1, 0.15) is 200 Å². The lowest BCUT2D eigenvalue weighted by atomic mass is 10.1. The molecule has 0 saturated heterocycles. The van der Waals surface area contributed by atoms with E-state index in [-0.39, 0.29) is 36.2 Å². The van der Waals surface area contributed by atoms with Crippen molar-refractivity contribution >= 4 is 17.9 Å². The molecule has 0 amide bonds. The number of carbonyl (C=O) groups excluding carboxylic acids is 2. The van der Waals surface area contributed by atoms with Crippen molar-refractivity contribution in [2.24, 2.45) is 0 Å². The van der Waals surface area contributed by atoms with Crippen molar-refractivity contribution in [1.82, 2.24) is 0 Å².